The number of nitrogens with zero attached hydrogens (tertiary/aromatic N) is 1. The van der Waals surface area contributed by atoms with Crippen molar-refractivity contribution in [2.75, 3.05) is 6.61 Å². The first kappa shape index (κ1) is 16.1. The summed E-state index contributed by atoms with van der Waals surface area (Å²) in [6.07, 6.45) is 0. The summed E-state index contributed by atoms with van der Waals surface area (Å²) in [6.45, 7) is 3.49. The normalized spacial score (nSPS) is 10.8. The third-order valence-corrected chi connectivity index (χ3v) is 5.08. The van der Waals surface area contributed by atoms with E-state index in [9.17, 15) is 14.9 Å². The van der Waals surface area contributed by atoms with Crippen LogP contribution in [0.4, 0.5) is 5.69 Å². The highest BCUT2D eigenvalue weighted by molar-refractivity contribution is 7.21. The second-order valence-corrected chi connectivity index (χ2v) is 6.54. The van der Waals surface area contributed by atoms with E-state index in [1.807, 2.05) is 38.1 Å². The predicted molar refractivity (Wildman–Crippen MR) is 94.2 cm³/mol. The standard InChI is InChI=1S/C18H15NO4S/c1-11-7-8-14(19(21)22)16(9-11)23-10-15(20)18-12(2)13-5-3-4-6-17(13)24-18/h3-9H,10H2,1-2H3. The van der Waals surface area contributed by atoms with E-state index in [0.29, 0.717) is 4.88 Å². The summed E-state index contributed by atoms with van der Waals surface area (Å²) in [5, 5.41) is 12.1. The van der Waals surface area contributed by atoms with Gasteiger partial charge in [0.15, 0.2) is 12.4 Å². The summed E-state index contributed by atoms with van der Waals surface area (Å²) in [6, 6.07) is 12.4. The zero-order valence-electron chi connectivity index (χ0n) is 13.2. The van der Waals surface area contributed by atoms with Crippen LogP contribution in [0.15, 0.2) is 42.5 Å². The fraction of sp³-hybridized carbons (Fsp3) is 0.167. The summed E-state index contributed by atoms with van der Waals surface area (Å²) in [5.74, 6) is -0.0587. The van der Waals surface area contributed by atoms with E-state index in [0.717, 1.165) is 21.2 Å². The minimum absolute atomic E-state index is 0.118. The number of carbonyl (C=O) groups excluding carboxylic acids is 1. The second-order valence-electron chi connectivity index (χ2n) is 5.49. The van der Waals surface area contributed by atoms with Gasteiger partial charge < -0.3 is 4.74 Å². The van der Waals surface area contributed by atoms with Gasteiger partial charge in [-0.2, -0.15) is 0 Å². The molecule has 0 aliphatic heterocycles. The Morgan fingerprint density at radius 2 is 1.96 bits per heavy atom. The summed E-state index contributed by atoms with van der Waals surface area (Å²) in [5.41, 5.74) is 1.62. The number of fused-ring (bicyclic) bond motifs is 1. The third-order valence-electron chi connectivity index (χ3n) is 3.77. The molecular formula is C18H15NO4S. The highest BCUT2D eigenvalue weighted by atomic mass is 32.1. The zero-order chi connectivity index (χ0) is 17.3. The first-order valence-corrected chi connectivity index (χ1v) is 8.18. The Hall–Kier alpha value is -2.73. The molecule has 0 N–H and O–H groups in total. The van der Waals surface area contributed by atoms with Crippen LogP contribution in [0, 0.1) is 24.0 Å². The molecule has 0 spiro atoms. The van der Waals surface area contributed by atoms with E-state index in [4.69, 9.17) is 4.74 Å². The average Bonchev–Trinajstić information content (AvgIpc) is 2.90. The number of nitro groups is 1. The molecule has 0 saturated carbocycles. The van der Waals surface area contributed by atoms with E-state index in [1.54, 1.807) is 12.1 Å². The first-order chi connectivity index (χ1) is 11.5. The van der Waals surface area contributed by atoms with Gasteiger partial charge in [0.25, 0.3) is 0 Å². The zero-order valence-corrected chi connectivity index (χ0v) is 14.1. The molecule has 0 atom stereocenters. The van der Waals surface area contributed by atoms with Crippen molar-refractivity contribution in [3.8, 4) is 5.75 Å². The average molecular weight is 341 g/mol. The van der Waals surface area contributed by atoms with Gasteiger partial charge in [-0.25, -0.2) is 0 Å². The third kappa shape index (κ3) is 3.00. The van der Waals surface area contributed by atoms with Crippen LogP contribution >= 0.6 is 11.3 Å². The molecule has 3 rings (SSSR count). The fourth-order valence-electron chi connectivity index (χ4n) is 2.54. The highest BCUT2D eigenvalue weighted by Crippen LogP contribution is 2.32. The number of carbonyl (C=O) groups is 1. The maximum atomic E-state index is 12.5. The molecule has 1 heterocycles. The van der Waals surface area contributed by atoms with Crippen LogP contribution in [0.5, 0.6) is 5.75 Å². The monoisotopic (exact) mass is 341 g/mol. The van der Waals surface area contributed by atoms with E-state index in [1.165, 1.54) is 17.4 Å². The molecule has 0 fully saturated rings. The quantitative estimate of drug-likeness (QED) is 0.383. The minimum Gasteiger partial charge on any atom is -0.478 e. The van der Waals surface area contributed by atoms with Crippen LogP contribution in [0.3, 0.4) is 0 Å². The molecule has 6 heteroatoms. The van der Waals surface area contributed by atoms with Crippen molar-refractivity contribution in [1.82, 2.24) is 0 Å². The van der Waals surface area contributed by atoms with Crippen molar-refractivity contribution in [2.24, 2.45) is 0 Å². The summed E-state index contributed by atoms with van der Waals surface area (Å²) in [7, 11) is 0. The summed E-state index contributed by atoms with van der Waals surface area (Å²) >= 11 is 1.42. The predicted octanol–water partition coefficient (Wildman–Crippen LogP) is 4.69. The van der Waals surface area contributed by atoms with Crippen molar-refractivity contribution < 1.29 is 14.5 Å². The Labute approximate surface area is 142 Å². The molecule has 0 radical (unpaired) electrons. The van der Waals surface area contributed by atoms with Crippen molar-refractivity contribution in [1.29, 1.82) is 0 Å². The minimum atomic E-state index is -0.510. The van der Waals surface area contributed by atoms with Gasteiger partial charge in [0.1, 0.15) is 0 Å². The highest BCUT2D eigenvalue weighted by Gasteiger charge is 2.19. The van der Waals surface area contributed by atoms with Gasteiger partial charge in [-0.15, -0.1) is 11.3 Å². The number of hydrogen-bond donors (Lipinski definition) is 0. The van der Waals surface area contributed by atoms with Gasteiger partial charge in [0.05, 0.1) is 9.80 Å². The Bertz CT molecular complexity index is 945. The number of ether oxygens (including phenoxy) is 1. The number of ketones is 1. The van der Waals surface area contributed by atoms with E-state index in [2.05, 4.69) is 0 Å². The largest absolute Gasteiger partial charge is 0.478 e. The van der Waals surface area contributed by atoms with Gasteiger partial charge in [-0.05, 0) is 42.5 Å². The SMILES string of the molecule is Cc1ccc([N+](=O)[O-])c(OCC(=O)c2sc3ccccc3c2C)c1. The van der Waals surface area contributed by atoms with Gasteiger partial charge in [0, 0.05) is 10.8 Å². The lowest BCUT2D eigenvalue weighted by atomic mass is 10.1. The number of aryl methyl sites for hydroxylation is 2. The molecule has 5 nitrogen and oxygen atoms in total. The van der Waals surface area contributed by atoms with Gasteiger partial charge in [0.2, 0.25) is 5.78 Å². The lowest BCUT2D eigenvalue weighted by Crippen LogP contribution is -2.12. The maximum Gasteiger partial charge on any atom is 0.310 e. The molecule has 0 amide bonds. The van der Waals surface area contributed by atoms with Crippen LogP contribution in [0.1, 0.15) is 20.8 Å². The molecule has 0 unspecified atom stereocenters. The molecule has 0 aliphatic carbocycles. The number of rotatable bonds is 5. The Morgan fingerprint density at radius 1 is 1.21 bits per heavy atom. The molecule has 1 aromatic heterocycles. The second kappa shape index (κ2) is 6.41. The Balaban J connectivity index is 1.84. The number of thiophene rings is 1. The molecule has 3 aromatic rings. The molecule has 2 aromatic carbocycles. The van der Waals surface area contributed by atoms with Crippen molar-refractivity contribution in [3.05, 3.63) is 68.6 Å². The van der Waals surface area contributed by atoms with E-state index < -0.39 is 4.92 Å². The lowest BCUT2D eigenvalue weighted by Gasteiger charge is -2.07. The van der Waals surface area contributed by atoms with Crippen LogP contribution in [0.2, 0.25) is 0 Å². The Morgan fingerprint density at radius 3 is 2.67 bits per heavy atom. The van der Waals surface area contributed by atoms with Crippen LogP contribution in [-0.4, -0.2) is 17.3 Å². The molecule has 0 bridgehead atoms. The first-order valence-electron chi connectivity index (χ1n) is 7.36. The van der Waals surface area contributed by atoms with Gasteiger partial charge in [-0.3, -0.25) is 14.9 Å². The van der Waals surface area contributed by atoms with Crippen LogP contribution in [-0.2, 0) is 0 Å². The molecule has 24 heavy (non-hydrogen) atoms. The van der Waals surface area contributed by atoms with Gasteiger partial charge in [-0.1, -0.05) is 24.3 Å². The van der Waals surface area contributed by atoms with Crippen molar-refractivity contribution in [3.63, 3.8) is 0 Å². The van der Waals surface area contributed by atoms with Gasteiger partial charge >= 0.3 is 5.69 Å². The maximum absolute atomic E-state index is 12.5. The van der Waals surface area contributed by atoms with Crippen LogP contribution < -0.4 is 4.74 Å². The Kier molecular flexibility index (Phi) is 4.31. The number of nitro benzene ring substituents is 1. The summed E-state index contributed by atoms with van der Waals surface area (Å²) in [4.78, 5) is 23.7. The van der Waals surface area contributed by atoms with Crippen molar-refractivity contribution >= 4 is 32.9 Å². The number of benzene rings is 2. The lowest BCUT2D eigenvalue weighted by molar-refractivity contribution is -0.385. The van der Waals surface area contributed by atoms with Crippen molar-refractivity contribution in [2.45, 2.75) is 13.8 Å². The smallest absolute Gasteiger partial charge is 0.310 e. The molecule has 122 valence electrons. The number of Topliss-reactive ketones (excluding diaryl/α,β-unsaturated/α-hetero) is 1. The molecule has 0 saturated heterocycles. The molecule has 0 aliphatic rings. The topological polar surface area (TPSA) is 69.4 Å². The fourth-order valence-corrected chi connectivity index (χ4v) is 3.67. The van der Waals surface area contributed by atoms with Crippen LogP contribution in [0.25, 0.3) is 10.1 Å². The number of hydrogen-bond acceptors (Lipinski definition) is 5. The summed E-state index contributed by atoms with van der Waals surface area (Å²) < 4.78 is 6.50. The molecular weight excluding hydrogens is 326 g/mol. The van der Waals surface area contributed by atoms with E-state index in [-0.39, 0.29) is 23.8 Å². The van der Waals surface area contributed by atoms with E-state index >= 15 is 0 Å².